The highest BCUT2D eigenvalue weighted by Gasteiger charge is 2.43. The van der Waals surface area contributed by atoms with E-state index in [1.54, 1.807) is 19.2 Å². The van der Waals surface area contributed by atoms with Crippen LogP contribution in [0.2, 0.25) is 0 Å². The SMILES string of the molecule is COCC(=O)N[C@@H]1C[C@@H]2C(=O)Nc3ccc(C=Cc4ccc(OC)cc4)cc3C(=O)N2C1. The van der Waals surface area contributed by atoms with Gasteiger partial charge in [0.15, 0.2) is 0 Å². The van der Waals surface area contributed by atoms with Crippen LogP contribution in [0.4, 0.5) is 5.69 Å². The van der Waals surface area contributed by atoms with E-state index in [4.69, 9.17) is 9.47 Å². The quantitative estimate of drug-likeness (QED) is 0.678. The van der Waals surface area contributed by atoms with Gasteiger partial charge in [0.05, 0.1) is 18.4 Å². The zero-order chi connectivity index (χ0) is 22.7. The summed E-state index contributed by atoms with van der Waals surface area (Å²) in [5.41, 5.74) is 2.76. The number of nitrogens with one attached hydrogen (secondary N) is 2. The molecule has 2 aliphatic heterocycles. The van der Waals surface area contributed by atoms with E-state index in [-0.39, 0.29) is 36.9 Å². The van der Waals surface area contributed by atoms with Gasteiger partial charge in [-0.3, -0.25) is 14.4 Å². The first-order valence-electron chi connectivity index (χ1n) is 10.3. The zero-order valence-electron chi connectivity index (χ0n) is 18.0. The Kier molecular flexibility index (Phi) is 6.23. The van der Waals surface area contributed by atoms with E-state index in [0.29, 0.717) is 17.7 Å². The molecule has 2 aromatic carbocycles. The summed E-state index contributed by atoms with van der Waals surface area (Å²) in [7, 11) is 3.06. The van der Waals surface area contributed by atoms with Crippen molar-refractivity contribution in [3.8, 4) is 5.75 Å². The van der Waals surface area contributed by atoms with Crippen molar-refractivity contribution < 1.29 is 23.9 Å². The lowest BCUT2D eigenvalue weighted by Gasteiger charge is -2.20. The van der Waals surface area contributed by atoms with E-state index in [9.17, 15) is 14.4 Å². The topological polar surface area (TPSA) is 97.0 Å². The average Bonchev–Trinajstić information content (AvgIpc) is 3.18. The number of hydrogen-bond acceptors (Lipinski definition) is 5. The molecule has 0 radical (unpaired) electrons. The molecule has 0 aliphatic carbocycles. The van der Waals surface area contributed by atoms with E-state index < -0.39 is 6.04 Å². The van der Waals surface area contributed by atoms with Crippen molar-refractivity contribution in [2.75, 3.05) is 32.7 Å². The van der Waals surface area contributed by atoms with Gasteiger partial charge >= 0.3 is 0 Å². The van der Waals surface area contributed by atoms with Crippen LogP contribution in [0.15, 0.2) is 42.5 Å². The number of carbonyl (C=O) groups is 3. The van der Waals surface area contributed by atoms with Crippen molar-refractivity contribution in [3.05, 3.63) is 59.2 Å². The van der Waals surface area contributed by atoms with Crippen LogP contribution in [0.5, 0.6) is 5.75 Å². The molecule has 2 aliphatic rings. The van der Waals surface area contributed by atoms with Crippen LogP contribution in [0.1, 0.15) is 27.9 Å². The molecule has 0 bridgehead atoms. The standard InChI is InChI=1S/C24H25N3O5/c1-31-14-22(28)25-17-12-21-23(29)26-20-10-7-16(11-19(20)24(30)27(21)13-17)4-3-15-5-8-18(32-2)9-6-15/h3-11,17,21H,12-14H2,1-2H3,(H,25,28)(H,26,29)/t17-,21-/m1/s1. The fourth-order valence-electron chi connectivity index (χ4n) is 4.04. The van der Waals surface area contributed by atoms with Gasteiger partial charge < -0.3 is 25.0 Å². The number of carbonyl (C=O) groups excluding carboxylic acids is 3. The van der Waals surface area contributed by atoms with Crippen molar-refractivity contribution in [1.29, 1.82) is 0 Å². The molecule has 166 valence electrons. The molecule has 8 heteroatoms. The maximum absolute atomic E-state index is 13.3. The molecule has 2 atom stereocenters. The van der Waals surface area contributed by atoms with Gasteiger partial charge in [0.1, 0.15) is 18.4 Å². The second-order valence-electron chi connectivity index (χ2n) is 7.81. The maximum Gasteiger partial charge on any atom is 0.256 e. The third kappa shape index (κ3) is 4.50. The molecular weight excluding hydrogens is 410 g/mol. The number of benzene rings is 2. The molecule has 1 fully saturated rings. The lowest BCUT2D eigenvalue weighted by atomic mass is 10.1. The van der Waals surface area contributed by atoms with Crippen LogP contribution in [-0.2, 0) is 14.3 Å². The number of hydrogen-bond donors (Lipinski definition) is 2. The summed E-state index contributed by atoms with van der Waals surface area (Å²) in [6.07, 6.45) is 4.23. The summed E-state index contributed by atoms with van der Waals surface area (Å²) >= 11 is 0. The maximum atomic E-state index is 13.3. The molecule has 3 amide bonds. The van der Waals surface area contributed by atoms with Crippen LogP contribution < -0.4 is 15.4 Å². The van der Waals surface area contributed by atoms with Crippen molar-refractivity contribution >= 4 is 35.6 Å². The normalized spacial score (nSPS) is 19.9. The first kappa shape index (κ1) is 21.6. The van der Waals surface area contributed by atoms with Gasteiger partial charge in [0.2, 0.25) is 11.8 Å². The number of fused-ring (bicyclic) bond motifs is 2. The van der Waals surface area contributed by atoms with Crippen molar-refractivity contribution in [1.82, 2.24) is 10.2 Å². The Labute approximate surface area is 186 Å². The van der Waals surface area contributed by atoms with Crippen LogP contribution in [0.25, 0.3) is 12.2 Å². The summed E-state index contributed by atoms with van der Waals surface area (Å²) in [4.78, 5) is 39.4. The third-order valence-electron chi connectivity index (χ3n) is 5.62. The summed E-state index contributed by atoms with van der Waals surface area (Å²) in [6, 6.07) is 12.1. The van der Waals surface area contributed by atoms with Gasteiger partial charge in [0.25, 0.3) is 5.91 Å². The second-order valence-corrected chi connectivity index (χ2v) is 7.81. The average molecular weight is 435 g/mol. The Morgan fingerprint density at radius 3 is 2.56 bits per heavy atom. The molecular formula is C24H25N3O5. The van der Waals surface area contributed by atoms with E-state index in [1.807, 2.05) is 42.5 Å². The largest absolute Gasteiger partial charge is 0.497 e. The van der Waals surface area contributed by atoms with Crippen LogP contribution in [0.3, 0.4) is 0 Å². The minimum absolute atomic E-state index is 0.0615. The summed E-state index contributed by atoms with van der Waals surface area (Å²) in [5, 5.41) is 5.68. The van der Waals surface area contributed by atoms with E-state index in [1.165, 1.54) is 12.0 Å². The Bertz CT molecular complexity index is 1060. The second kappa shape index (κ2) is 9.23. The molecule has 32 heavy (non-hydrogen) atoms. The molecule has 2 aromatic rings. The molecule has 0 spiro atoms. The first-order valence-corrected chi connectivity index (χ1v) is 10.3. The van der Waals surface area contributed by atoms with Gasteiger partial charge in [-0.05, 0) is 41.8 Å². The summed E-state index contributed by atoms with van der Waals surface area (Å²) in [6.45, 7) is 0.214. The van der Waals surface area contributed by atoms with Crippen LogP contribution >= 0.6 is 0 Å². The van der Waals surface area contributed by atoms with Gasteiger partial charge in [-0.2, -0.15) is 0 Å². The molecule has 0 unspecified atom stereocenters. The zero-order valence-corrected chi connectivity index (χ0v) is 18.0. The van der Waals surface area contributed by atoms with Crippen molar-refractivity contribution in [2.45, 2.75) is 18.5 Å². The number of methoxy groups -OCH3 is 2. The van der Waals surface area contributed by atoms with E-state index in [0.717, 1.165) is 16.9 Å². The lowest BCUT2D eigenvalue weighted by molar-refractivity contribution is -0.125. The van der Waals surface area contributed by atoms with Gasteiger partial charge in [0, 0.05) is 19.7 Å². The molecule has 0 saturated carbocycles. The fourth-order valence-corrected chi connectivity index (χ4v) is 4.04. The molecule has 8 nitrogen and oxygen atoms in total. The van der Waals surface area contributed by atoms with Crippen molar-refractivity contribution in [3.63, 3.8) is 0 Å². The number of nitrogens with zero attached hydrogens (tertiary/aromatic N) is 1. The predicted molar refractivity (Wildman–Crippen MR) is 120 cm³/mol. The Morgan fingerprint density at radius 2 is 1.84 bits per heavy atom. The van der Waals surface area contributed by atoms with Crippen LogP contribution in [0, 0.1) is 0 Å². The number of amides is 3. The number of rotatable bonds is 6. The van der Waals surface area contributed by atoms with Crippen molar-refractivity contribution in [2.24, 2.45) is 0 Å². The summed E-state index contributed by atoms with van der Waals surface area (Å²) in [5.74, 6) is 0.0356. The van der Waals surface area contributed by atoms with E-state index in [2.05, 4.69) is 10.6 Å². The smallest absolute Gasteiger partial charge is 0.256 e. The molecule has 4 rings (SSSR count). The fraction of sp³-hybridized carbons (Fsp3) is 0.292. The Hall–Kier alpha value is -3.65. The minimum Gasteiger partial charge on any atom is -0.497 e. The summed E-state index contributed by atoms with van der Waals surface area (Å²) < 4.78 is 10.0. The molecule has 0 aromatic heterocycles. The van der Waals surface area contributed by atoms with Gasteiger partial charge in [-0.25, -0.2) is 0 Å². The molecule has 1 saturated heterocycles. The number of anilines is 1. The minimum atomic E-state index is -0.624. The predicted octanol–water partition coefficient (Wildman–Crippen LogP) is 2.16. The Morgan fingerprint density at radius 1 is 1.12 bits per heavy atom. The highest BCUT2D eigenvalue weighted by atomic mass is 16.5. The van der Waals surface area contributed by atoms with Gasteiger partial charge in [-0.15, -0.1) is 0 Å². The Balaban J connectivity index is 1.54. The lowest BCUT2D eigenvalue weighted by Crippen LogP contribution is -2.41. The monoisotopic (exact) mass is 435 g/mol. The molecule has 2 N–H and O–H groups in total. The molecule has 2 heterocycles. The van der Waals surface area contributed by atoms with E-state index >= 15 is 0 Å². The third-order valence-corrected chi connectivity index (χ3v) is 5.62. The number of ether oxygens (including phenoxy) is 2. The highest BCUT2D eigenvalue weighted by molar-refractivity contribution is 6.10. The van der Waals surface area contributed by atoms with Gasteiger partial charge in [-0.1, -0.05) is 30.4 Å². The highest BCUT2D eigenvalue weighted by Crippen LogP contribution is 2.30. The van der Waals surface area contributed by atoms with Crippen LogP contribution in [-0.4, -0.2) is 62.1 Å². The first-order chi connectivity index (χ1) is 15.5.